The van der Waals surface area contributed by atoms with Crippen LogP contribution in [0, 0.1) is 0 Å². The third-order valence-corrected chi connectivity index (χ3v) is 7.33. The van der Waals surface area contributed by atoms with Crippen molar-refractivity contribution < 1.29 is 36.8 Å². The monoisotopic (exact) mass is 408 g/mol. The summed E-state index contributed by atoms with van der Waals surface area (Å²) in [4.78, 5) is 12.0. The lowest BCUT2D eigenvalue weighted by Crippen LogP contribution is -2.22. The van der Waals surface area contributed by atoms with Crippen molar-refractivity contribution in [2.45, 2.75) is 27.7 Å². The molecule has 0 aliphatic rings. The van der Waals surface area contributed by atoms with E-state index in [0.717, 1.165) is 0 Å². The molecular formula is C16H26O8P2. The molecule has 0 aromatic heterocycles. The van der Waals surface area contributed by atoms with Crippen LogP contribution in [-0.2, 0) is 32.0 Å². The first-order valence-electron chi connectivity index (χ1n) is 8.32. The SMILES string of the molecule is CCOP(=O)(OCC)c1cc(C(=O)OC)cc(P(=O)(OCC)OCC)c1. The molecule has 1 aromatic rings. The molecule has 0 aliphatic heterocycles. The van der Waals surface area contributed by atoms with Crippen LogP contribution in [0.2, 0.25) is 0 Å². The summed E-state index contributed by atoms with van der Waals surface area (Å²) in [6, 6.07) is 4.04. The van der Waals surface area contributed by atoms with Crippen LogP contribution in [-0.4, -0.2) is 39.5 Å². The molecule has 0 spiro atoms. The summed E-state index contributed by atoms with van der Waals surface area (Å²) in [5, 5.41) is 0.164. The van der Waals surface area contributed by atoms with E-state index in [9.17, 15) is 13.9 Å². The Morgan fingerprint density at radius 3 is 1.38 bits per heavy atom. The lowest BCUT2D eigenvalue weighted by Gasteiger charge is -2.21. The molecule has 0 fully saturated rings. The minimum atomic E-state index is -3.72. The Bertz CT molecular complexity index is 635. The highest BCUT2D eigenvalue weighted by molar-refractivity contribution is 7.63. The Morgan fingerprint density at radius 1 is 0.769 bits per heavy atom. The van der Waals surface area contributed by atoms with Crippen molar-refractivity contribution in [3.63, 3.8) is 0 Å². The van der Waals surface area contributed by atoms with Gasteiger partial charge in [-0.3, -0.25) is 9.13 Å². The summed E-state index contributed by atoms with van der Waals surface area (Å²) in [6.07, 6.45) is 0. The zero-order valence-electron chi connectivity index (χ0n) is 15.7. The van der Waals surface area contributed by atoms with Gasteiger partial charge in [-0.1, -0.05) is 0 Å². The van der Waals surface area contributed by atoms with Gasteiger partial charge in [-0.15, -0.1) is 0 Å². The molecule has 0 atom stereocenters. The van der Waals surface area contributed by atoms with Crippen LogP contribution in [0.15, 0.2) is 18.2 Å². The summed E-state index contributed by atoms with van der Waals surface area (Å²) >= 11 is 0. The fourth-order valence-electron chi connectivity index (χ4n) is 2.20. The van der Waals surface area contributed by atoms with E-state index in [1.807, 2.05) is 0 Å². The van der Waals surface area contributed by atoms with Crippen LogP contribution in [0.3, 0.4) is 0 Å². The van der Waals surface area contributed by atoms with Crippen LogP contribution in [0.5, 0.6) is 0 Å². The molecule has 148 valence electrons. The highest BCUT2D eigenvalue weighted by atomic mass is 31.2. The Morgan fingerprint density at radius 2 is 1.12 bits per heavy atom. The predicted octanol–water partition coefficient (Wildman–Crippen LogP) is 3.26. The number of methoxy groups -OCH3 is 1. The second kappa shape index (κ2) is 10.4. The largest absolute Gasteiger partial charge is 0.465 e. The molecule has 0 amide bonds. The van der Waals surface area contributed by atoms with Crippen LogP contribution in [0.4, 0.5) is 0 Å². The number of hydrogen-bond acceptors (Lipinski definition) is 8. The van der Waals surface area contributed by atoms with Crippen molar-refractivity contribution >= 4 is 31.8 Å². The molecule has 8 nitrogen and oxygen atoms in total. The standard InChI is InChI=1S/C16H26O8P2/c1-6-21-25(18,22-7-2)14-10-13(16(17)20-5)11-15(12-14)26(19,23-8-3)24-9-4/h10-12H,6-9H2,1-5H3. The summed E-state index contributed by atoms with van der Waals surface area (Å²) in [5.74, 6) is -0.688. The van der Waals surface area contributed by atoms with Gasteiger partial charge in [-0.05, 0) is 45.9 Å². The lowest BCUT2D eigenvalue weighted by molar-refractivity contribution is 0.0601. The maximum Gasteiger partial charge on any atom is 0.361 e. The Kier molecular flexibility index (Phi) is 9.17. The summed E-state index contributed by atoms with van der Waals surface area (Å²) in [6.45, 7) is 7.19. The lowest BCUT2D eigenvalue weighted by atomic mass is 10.2. The Labute approximate surface area is 154 Å². The van der Waals surface area contributed by atoms with Crippen LogP contribution in [0.25, 0.3) is 0 Å². The van der Waals surface area contributed by atoms with E-state index in [4.69, 9.17) is 22.8 Å². The fourth-order valence-corrected chi connectivity index (χ4v) is 5.60. The van der Waals surface area contributed by atoms with Crippen molar-refractivity contribution in [1.29, 1.82) is 0 Å². The van der Waals surface area contributed by atoms with Gasteiger partial charge < -0.3 is 22.8 Å². The number of carbonyl (C=O) groups excluding carboxylic acids is 1. The fraction of sp³-hybridized carbons (Fsp3) is 0.562. The second-order valence-corrected chi connectivity index (χ2v) is 8.95. The Hall–Kier alpha value is -1.01. The quantitative estimate of drug-likeness (QED) is 0.407. The van der Waals surface area contributed by atoms with E-state index in [-0.39, 0.29) is 42.6 Å². The third kappa shape index (κ3) is 5.49. The molecule has 1 aromatic carbocycles. The van der Waals surface area contributed by atoms with Crippen molar-refractivity contribution in [3.05, 3.63) is 23.8 Å². The van der Waals surface area contributed by atoms with Crippen molar-refractivity contribution in [3.8, 4) is 0 Å². The molecule has 0 radical (unpaired) electrons. The van der Waals surface area contributed by atoms with Gasteiger partial charge in [0.25, 0.3) is 0 Å². The maximum absolute atomic E-state index is 13.1. The first kappa shape index (κ1) is 23.0. The first-order valence-corrected chi connectivity index (χ1v) is 11.4. The molecule has 0 unspecified atom stereocenters. The number of ether oxygens (including phenoxy) is 1. The smallest absolute Gasteiger partial charge is 0.361 e. The van der Waals surface area contributed by atoms with Crippen LogP contribution >= 0.6 is 15.2 Å². The van der Waals surface area contributed by atoms with Crippen molar-refractivity contribution in [2.75, 3.05) is 33.5 Å². The summed E-state index contributed by atoms with van der Waals surface area (Å²) < 4.78 is 52.2. The van der Waals surface area contributed by atoms with Crippen LogP contribution < -0.4 is 10.6 Å². The highest BCUT2D eigenvalue weighted by Gasteiger charge is 2.34. The second-order valence-electron chi connectivity index (χ2n) is 4.90. The number of hydrogen-bond donors (Lipinski definition) is 0. The first-order chi connectivity index (χ1) is 12.3. The number of carbonyl (C=O) groups is 1. The number of esters is 1. The summed E-state index contributed by atoms with van der Waals surface area (Å²) in [7, 11) is -6.23. The zero-order valence-corrected chi connectivity index (χ0v) is 17.5. The topological polar surface area (TPSA) is 97.4 Å². The van der Waals surface area contributed by atoms with Gasteiger partial charge >= 0.3 is 21.2 Å². The van der Waals surface area contributed by atoms with Crippen molar-refractivity contribution in [2.24, 2.45) is 0 Å². The van der Waals surface area contributed by atoms with E-state index >= 15 is 0 Å². The molecule has 10 heteroatoms. The molecule has 0 saturated carbocycles. The molecule has 26 heavy (non-hydrogen) atoms. The normalized spacial score (nSPS) is 12.2. The van der Waals surface area contributed by atoms with Gasteiger partial charge in [0.2, 0.25) is 0 Å². The highest BCUT2D eigenvalue weighted by Crippen LogP contribution is 2.50. The average Bonchev–Trinajstić information content (AvgIpc) is 2.61. The number of rotatable bonds is 11. The van der Waals surface area contributed by atoms with E-state index in [1.165, 1.54) is 25.3 Å². The molecule has 0 saturated heterocycles. The number of benzene rings is 1. The molecular weight excluding hydrogens is 382 g/mol. The van der Waals surface area contributed by atoms with Crippen molar-refractivity contribution in [1.82, 2.24) is 0 Å². The van der Waals surface area contributed by atoms with E-state index in [0.29, 0.717) is 0 Å². The van der Waals surface area contributed by atoms with Gasteiger partial charge in [0.1, 0.15) is 0 Å². The Balaban J connectivity index is 3.64. The summed E-state index contributed by atoms with van der Waals surface area (Å²) in [5.41, 5.74) is 0.0410. The van der Waals surface area contributed by atoms with Gasteiger partial charge in [0.15, 0.2) is 0 Å². The maximum atomic E-state index is 13.1. The van der Waals surface area contributed by atoms with E-state index in [1.54, 1.807) is 27.7 Å². The third-order valence-electron chi connectivity index (χ3n) is 3.15. The average molecular weight is 408 g/mol. The molecule has 0 N–H and O–H groups in total. The molecule has 0 bridgehead atoms. The van der Waals surface area contributed by atoms with Gasteiger partial charge in [-0.2, -0.15) is 0 Å². The molecule has 0 heterocycles. The van der Waals surface area contributed by atoms with E-state index < -0.39 is 21.2 Å². The van der Waals surface area contributed by atoms with Gasteiger partial charge in [0.05, 0.1) is 49.7 Å². The molecule has 1 rings (SSSR count). The predicted molar refractivity (Wildman–Crippen MR) is 98.8 cm³/mol. The minimum Gasteiger partial charge on any atom is -0.465 e. The van der Waals surface area contributed by atoms with Gasteiger partial charge in [0, 0.05) is 0 Å². The van der Waals surface area contributed by atoms with Crippen LogP contribution in [0.1, 0.15) is 38.1 Å². The minimum absolute atomic E-state index is 0.0410. The van der Waals surface area contributed by atoms with Gasteiger partial charge in [-0.25, -0.2) is 4.79 Å². The molecule has 0 aliphatic carbocycles. The zero-order chi connectivity index (χ0) is 19.8. The van der Waals surface area contributed by atoms with E-state index in [2.05, 4.69) is 0 Å².